The molecule has 148 valence electrons. The van der Waals surface area contributed by atoms with Crippen LogP contribution >= 0.6 is 35.3 Å². The van der Waals surface area contributed by atoms with E-state index in [1.807, 2.05) is 19.0 Å². The lowest BCUT2D eigenvalue weighted by atomic mass is 10.1. The molecule has 2 aliphatic rings. The van der Waals surface area contributed by atoms with Gasteiger partial charge in [0.1, 0.15) is 6.10 Å². The molecule has 0 bridgehead atoms. The summed E-state index contributed by atoms with van der Waals surface area (Å²) in [4.78, 5) is 13.7. The maximum Gasteiger partial charge on any atom is 0.194 e. The quantitative estimate of drug-likeness (QED) is 0.384. The summed E-state index contributed by atoms with van der Waals surface area (Å²) in [5.41, 5.74) is 1.01. The third-order valence-electron chi connectivity index (χ3n) is 4.42. The van der Waals surface area contributed by atoms with Crippen molar-refractivity contribution < 1.29 is 9.47 Å². The smallest absolute Gasteiger partial charge is 0.194 e. The number of thiazole rings is 1. The SMILES string of the molecule is CCNC(=NCc1csc(N(C)C)n1)N1CCOC(C2CCCO2)C1.I. The van der Waals surface area contributed by atoms with Gasteiger partial charge in [0.25, 0.3) is 0 Å². The summed E-state index contributed by atoms with van der Waals surface area (Å²) >= 11 is 1.65. The molecule has 7 nitrogen and oxygen atoms in total. The van der Waals surface area contributed by atoms with E-state index in [4.69, 9.17) is 14.5 Å². The zero-order chi connectivity index (χ0) is 17.6. The maximum atomic E-state index is 5.95. The minimum atomic E-state index is 0. The Hall–Kier alpha value is -0.650. The second-order valence-corrected chi connectivity index (χ2v) is 7.43. The van der Waals surface area contributed by atoms with Crippen LogP contribution in [0.25, 0.3) is 0 Å². The molecule has 1 aromatic rings. The fourth-order valence-corrected chi connectivity index (χ4v) is 3.89. The molecule has 0 saturated carbocycles. The number of rotatable bonds is 5. The van der Waals surface area contributed by atoms with Crippen LogP contribution < -0.4 is 10.2 Å². The highest BCUT2D eigenvalue weighted by molar-refractivity contribution is 14.0. The number of nitrogens with one attached hydrogen (secondary N) is 1. The van der Waals surface area contributed by atoms with Crippen molar-refractivity contribution in [2.75, 3.05) is 51.8 Å². The minimum Gasteiger partial charge on any atom is -0.375 e. The van der Waals surface area contributed by atoms with Crippen molar-refractivity contribution in [3.05, 3.63) is 11.1 Å². The minimum absolute atomic E-state index is 0. The summed E-state index contributed by atoms with van der Waals surface area (Å²) in [6.45, 7) is 6.80. The van der Waals surface area contributed by atoms with Gasteiger partial charge in [0.05, 0.1) is 24.9 Å². The molecule has 3 rings (SSSR count). The number of aromatic nitrogens is 1. The van der Waals surface area contributed by atoms with Crippen LogP contribution in [0, 0.1) is 0 Å². The van der Waals surface area contributed by atoms with Crippen LogP contribution in [0.1, 0.15) is 25.5 Å². The second kappa shape index (κ2) is 10.6. The first-order chi connectivity index (χ1) is 12.2. The van der Waals surface area contributed by atoms with E-state index in [9.17, 15) is 0 Å². The number of halogens is 1. The zero-order valence-electron chi connectivity index (χ0n) is 15.8. The number of morpholine rings is 1. The van der Waals surface area contributed by atoms with Gasteiger partial charge in [-0.3, -0.25) is 0 Å². The van der Waals surface area contributed by atoms with Gasteiger partial charge in [-0.2, -0.15) is 0 Å². The highest BCUT2D eigenvalue weighted by Gasteiger charge is 2.32. The van der Waals surface area contributed by atoms with Crippen LogP contribution in [0.5, 0.6) is 0 Å². The highest BCUT2D eigenvalue weighted by Crippen LogP contribution is 2.21. The summed E-state index contributed by atoms with van der Waals surface area (Å²) in [7, 11) is 4.02. The molecule has 0 radical (unpaired) electrons. The van der Waals surface area contributed by atoms with Crippen molar-refractivity contribution in [3.63, 3.8) is 0 Å². The molecule has 2 atom stereocenters. The second-order valence-electron chi connectivity index (χ2n) is 6.59. The van der Waals surface area contributed by atoms with Gasteiger partial charge in [-0.15, -0.1) is 35.3 Å². The van der Waals surface area contributed by atoms with Crippen LogP contribution in [0.2, 0.25) is 0 Å². The van der Waals surface area contributed by atoms with Crippen LogP contribution in [0.15, 0.2) is 10.4 Å². The third-order valence-corrected chi connectivity index (χ3v) is 5.48. The fraction of sp³-hybridized carbons (Fsp3) is 0.765. The van der Waals surface area contributed by atoms with Crippen molar-refractivity contribution >= 4 is 46.4 Å². The van der Waals surface area contributed by atoms with E-state index < -0.39 is 0 Å². The van der Waals surface area contributed by atoms with Gasteiger partial charge in [0.15, 0.2) is 11.1 Å². The topological polar surface area (TPSA) is 62.2 Å². The fourth-order valence-electron chi connectivity index (χ4n) is 3.14. The number of hydrogen-bond acceptors (Lipinski definition) is 6. The van der Waals surface area contributed by atoms with Crippen LogP contribution in [0.4, 0.5) is 5.13 Å². The molecule has 3 heterocycles. The van der Waals surface area contributed by atoms with Gasteiger partial charge in [0.2, 0.25) is 0 Å². The summed E-state index contributed by atoms with van der Waals surface area (Å²) in [5, 5.41) is 6.50. The molecule has 0 aliphatic carbocycles. The lowest BCUT2D eigenvalue weighted by Crippen LogP contribution is -2.53. The predicted molar refractivity (Wildman–Crippen MR) is 117 cm³/mol. The standard InChI is InChI=1S/C17H29N5O2S.HI/c1-4-18-16(19-10-13-12-25-17(20-13)21(2)3)22-7-9-24-15(11-22)14-6-5-8-23-14;/h12,14-15H,4-11H2,1-3H3,(H,18,19);1H. The molecule has 2 unspecified atom stereocenters. The van der Waals surface area contributed by atoms with E-state index in [1.54, 1.807) is 11.3 Å². The Morgan fingerprint density at radius 1 is 1.38 bits per heavy atom. The highest BCUT2D eigenvalue weighted by atomic mass is 127. The molecule has 2 aliphatic heterocycles. The Morgan fingerprint density at radius 2 is 2.19 bits per heavy atom. The largest absolute Gasteiger partial charge is 0.375 e. The number of anilines is 1. The number of nitrogens with zero attached hydrogens (tertiary/aromatic N) is 4. The number of hydrogen-bond donors (Lipinski definition) is 1. The maximum absolute atomic E-state index is 5.95. The van der Waals surface area contributed by atoms with Crippen molar-refractivity contribution in [1.82, 2.24) is 15.2 Å². The molecule has 0 amide bonds. The Kier molecular flexibility index (Phi) is 8.85. The van der Waals surface area contributed by atoms with Gasteiger partial charge < -0.3 is 24.6 Å². The summed E-state index contributed by atoms with van der Waals surface area (Å²) in [6, 6.07) is 0. The monoisotopic (exact) mass is 495 g/mol. The van der Waals surface area contributed by atoms with Gasteiger partial charge in [0, 0.05) is 45.7 Å². The van der Waals surface area contributed by atoms with Gasteiger partial charge >= 0.3 is 0 Å². The zero-order valence-corrected chi connectivity index (χ0v) is 19.0. The Balaban J connectivity index is 0.00000243. The van der Waals surface area contributed by atoms with E-state index in [2.05, 4.69) is 27.5 Å². The van der Waals surface area contributed by atoms with Gasteiger partial charge in [-0.1, -0.05) is 0 Å². The molecule has 0 spiro atoms. The Morgan fingerprint density at radius 3 is 2.85 bits per heavy atom. The molecular weight excluding hydrogens is 465 g/mol. The average molecular weight is 495 g/mol. The van der Waals surface area contributed by atoms with Crippen LogP contribution in [-0.4, -0.2) is 75.0 Å². The lowest BCUT2D eigenvalue weighted by molar-refractivity contribution is -0.0817. The molecule has 26 heavy (non-hydrogen) atoms. The predicted octanol–water partition coefficient (Wildman–Crippen LogP) is 2.17. The van der Waals surface area contributed by atoms with Gasteiger partial charge in [-0.05, 0) is 19.8 Å². The molecule has 0 aromatic carbocycles. The van der Waals surface area contributed by atoms with Crippen molar-refractivity contribution in [2.24, 2.45) is 4.99 Å². The molecule has 2 fully saturated rings. The summed E-state index contributed by atoms with van der Waals surface area (Å²) in [6.07, 6.45) is 2.60. The van der Waals surface area contributed by atoms with E-state index >= 15 is 0 Å². The first kappa shape index (κ1) is 21.6. The lowest BCUT2D eigenvalue weighted by Gasteiger charge is -2.37. The third kappa shape index (κ3) is 5.67. The van der Waals surface area contributed by atoms with Crippen LogP contribution in [-0.2, 0) is 16.0 Å². The van der Waals surface area contributed by atoms with E-state index in [0.29, 0.717) is 6.54 Å². The molecule has 9 heteroatoms. The first-order valence-corrected chi connectivity index (χ1v) is 9.93. The summed E-state index contributed by atoms with van der Waals surface area (Å²) in [5.74, 6) is 0.938. The number of aliphatic imine (C=N–C) groups is 1. The molecule has 2 saturated heterocycles. The van der Waals surface area contributed by atoms with Crippen molar-refractivity contribution in [3.8, 4) is 0 Å². The number of guanidine groups is 1. The Bertz CT molecular complexity index is 577. The molecule has 1 N–H and O–H groups in total. The van der Waals surface area contributed by atoms with Gasteiger partial charge in [-0.25, -0.2) is 9.98 Å². The van der Waals surface area contributed by atoms with Crippen molar-refractivity contribution in [2.45, 2.75) is 38.5 Å². The normalized spacial score (nSPS) is 23.7. The van der Waals surface area contributed by atoms with E-state index in [-0.39, 0.29) is 36.2 Å². The Labute approximate surface area is 177 Å². The summed E-state index contributed by atoms with van der Waals surface area (Å²) < 4.78 is 11.8. The first-order valence-electron chi connectivity index (χ1n) is 9.05. The molecular formula is C17H30IN5O2S. The molecule has 1 aromatic heterocycles. The van der Waals surface area contributed by atoms with Crippen molar-refractivity contribution in [1.29, 1.82) is 0 Å². The van der Waals surface area contributed by atoms with E-state index in [1.165, 1.54) is 0 Å². The average Bonchev–Trinajstić information content (AvgIpc) is 3.30. The van der Waals surface area contributed by atoms with Crippen LogP contribution in [0.3, 0.4) is 0 Å². The van der Waals surface area contributed by atoms with E-state index in [0.717, 1.165) is 62.5 Å². The number of ether oxygens (including phenoxy) is 2.